The Morgan fingerprint density at radius 3 is 2.52 bits per heavy atom. The number of carbonyl (C=O) groups is 3. The average molecular weight is 402 g/mol. The van der Waals surface area contributed by atoms with Crippen LogP contribution in [0.5, 0.6) is 0 Å². The first kappa shape index (κ1) is 20.5. The van der Waals surface area contributed by atoms with Gasteiger partial charge in [0.15, 0.2) is 5.69 Å². The quantitative estimate of drug-likeness (QED) is 0.792. The van der Waals surface area contributed by atoms with Gasteiger partial charge in [0, 0.05) is 20.5 Å². The fourth-order valence-electron chi connectivity index (χ4n) is 3.78. The van der Waals surface area contributed by atoms with Gasteiger partial charge in [-0.2, -0.15) is 5.10 Å². The molecule has 1 aromatic heterocycles. The molecule has 1 saturated heterocycles. The molecule has 2 amide bonds. The van der Waals surface area contributed by atoms with Crippen LogP contribution in [0.15, 0.2) is 24.3 Å². The zero-order valence-corrected chi connectivity index (χ0v) is 16.7. The van der Waals surface area contributed by atoms with Crippen LogP contribution in [-0.2, 0) is 21.4 Å². The predicted octanol–water partition coefficient (Wildman–Crippen LogP) is 2.20. The molecule has 8 nitrogen and oxygen atoms in total. The van der Waals surface area contributed by atoms with Gasteiger partial charge in [0.05, 0.1) is 30.5 Å². The van der Waals surface area contributed by atoms with Gasteiger partial charge in [0.25, 0.3) is 0 Å². The van der Waals surface area contributed by atoms with Crippen LogP contribution < -0.4 is 5.32 Å². The summed E-state index contributed by atoms with van der Waals surface area (Å²) < 4.78 is 19.5. The highest BCUT2D eigenvalue weighted by Gasteiger charge is 2.39. The predicted molar refractivity (Wildman–Crippen MR) is 103 cm³/mol. The molecule has 0 saturated carbocycles. The van der Waals surface area contributed by atoms with E-state index in [1.165, 1.54) is 28.8 Å². The van der Waals surface area contributed by atoms with Gasteiger partial charge in [0.2, 0.25) is 11.8 Å². The van der Waals surface area contributed by atoms with Crippen LogP contribution >= 0.6 is 0 Å². The lowest BCUT2D eigenvalue weighted by molar-refractivity contribution is -0.140. The van der Waals surface area contributed by atoms with Crippen molar-refractivity contribution in [3.8, 4) is 0 Å². The Balaban J connectivity index is 1.94. The van der Waals surface area contributed by atoms with E-state index in [1.54, 1.807) is 33.2 Å². The normalized spacial score (nSPS) is 19.2. The Bertz CT molecular complexity index is 954. The molecular weight excluding hydrogens is 379 g/mol. The Morgan fingerprint density at radius 1 is 1.24 bits per heavy atom. The number of aryl methyl sites for hydroxylation is 2. The van der Waals surface area contributed by atoms with Crippen LogP contribution in [0.25, 0.3) is 0 Å². The van der Waals surface area contributed by atoms with E-state index in [0.717, 1.165) is 0 Å². The fraction of sp³-hybridized carbons (Fsp3) is 0.400. The number of halogens is 1. The third kappa shape index (κ3) is 3.85. The van der Waals surface area contributed by atoms with E-state index < -0.39 is 23.7 Å². The molecule has 0 spiro atoms. The molecule has 3 rings (SSSR count). The minimum atomic E-state index is -0.616. The largest absolute Gasteiger partial charge is 0.464 e. The van der Waals surface area contributed by atoms with Crippen molar-refractivity contribution in [2.45, 2.75) is 25.8 Å². The maximum absolute atomic E-state index is 13.4. The van der Waals surface area contributed by atoms with E-state index >= 15 is 0 Å². The first-order valence-electron chi connectivity index (χ1n) is 9.18. The zero-order chi connectivity index (χ0) is 21.3. The number of hydrogen-bond acceptors (Lipinski definition) is 5. The molecular formula is C20H23FN4O4. The van der Waals surface area contributed by atoms with Crippen molar-refractivity contribution in [2.24, 2.45) is 13.0 Å². The molecule has 2 unspecified atom stereocenters. The molecule has 1 aliphatic heterocycles. The number of rotatable bonds is 4. The van der Waals surface area contributed by atoms with E-state index in [2.05, 4.69) is 10.4 Å². The Kier molecular flexibility index (Phi) is 5.67. The maximum atomic E-state index is 13.4. The number of amides is 2. The second kappa shape index (κ2) is 8.02. The van der Waals surface area contributed by atoms with Gasteiger partial charge < -0.3 is 15.0 Å². The van der Waals surface area contributed by atoms with Gasteiger partial charge in [-0.3, -0.25) is 14.3 Å². The second-order valence-electron chi connectivity index (χ2n) is 7.06. The van der Waals surface area contributed by atoms with Crippen molar-refractivity contribution >= 4 is 23.5 Å². The standard InChI is InChI=1S/C20H23FN4O4/c1-11-16(18(20(28)29-4)25(3)23-11)22-19(27)14-9-10-15(26)24(2)17(14)12-5-7-13(21)8-6-12/h5-8,14,17H,9-10H2,1-4H3,(H,22,27). The fourth-order valence-corrected chi connectivity index (χ4v) is 3.78. The molecule has 9 heteroatoms. The number of hydrogen-bond donors (Lipinski definition) is 1. The topological polar surface area (TPSA) is 93.5 Å². The summed E-state index contributed by atoms with van der Waals surface area (Å²) in [4.78, 5) is 39.1. The Morgan fingerprint density at radius 2 is 1.90 bits per heavy atom. The molecule has 29 heavy (non-hydrogen) atoms. The first-order chi connectivity index (χ1) is 13.7. The van der Waals surface area contributed by atoms with E-state index in [1.807, 2.05) is 0 Å². The summed E-state index contributed by atoms with van der Waals surface area (Å²) in [6.07, 6.45) is 0.562. The minimum Gasteiger partial charge on any atom is -0.464 e. The molecule has 2 aromatic rings. The number of ether oxygens (including phenoxy) is 1. The van der Waals surface area contributed by atoms with Crippen LogP contribution in [-0.4, -0.2) is 46.6 Å². The Labute approximate surface area is 167 Å². The monoisotopic (exact) mass is 402 g/mol. The van der Waals surface area contributed by atoms with Gasteiger partial charge in [-0.15, -0.1) is 0 Å². The zero-order valence-electron chi connectivity index (χ0n) is 16.7. The molecule has 1 aromatic carbocycles. The number of piperidine rings is 1. The van der Waals surface area contributed by atoms with E-state index in [4.69, 9.17) is 4.74 Å². The van der Waals surface area contributed by atoms with Crippen LogP contribution in [0.3, 0.4) is 0 Å². The van der Waals surface area contributed by atoms with E-state index in [0.29, 0.717) is 17.7 Å². The van der Waals surface area contributed by atoms with Crippen LogP contribution in [0.4, 0.5) is 10.1 Å². The molecule has 1 aliphatic rings. The first-order valence-corrected chi connectivity index (χ1v) is 9.18. The van der Waals surface area contributed by atoms with Crippen molar-refractivity contribution in [2.75, 3.05) is 19.5 Å². The molecule has 0 bridgehead atoms. The molecule has 154 valence electrons. The maximum Gasteiger partial charge on any atom is 0.358 e. The Hall–Kier alpha value is -3.23. The van der Waals surface area contributed by atoms with Gasteiger partial charge in [0.1, 0.15) is 5.82 Å². The summed E-state index contributed by atoms with van der Waals surface area (Å²) in [5.74, 6) is -2.02. The summed E-state index contributed by atoms with van der Waals surface area (Å²) >= 11 is 0. The van der Waals surface area contributed by atoms with Crippen molar-refractivity contribution in [3.63, 3.8) is 0 Å². The molecule has 0 aliphatic carbocycles. The lowest BCUT2D eigenvalue weighted by Crippen LogP contribution is -2.44. The number of benzene rings is 1. The van der Waals surface area contributed by atoms with Crippen molar-refractivity contribution in [3.05, 3.63) is 47.0 Å². The average Bonchev–Trinajstić information content (AvgIpc) is 2.97. The van der Waals surface area contributed by atoms with Crippen LogP contribution in [0.2, 0.25) is 0 Å². The molecule has 0 radical (unpaired) electrons. The number of methoxy groups -OCH3 is 1. The molecule has 2 atom stereocenters. The minimum absolute atomic E-state index is 0.0869. The highest BCUT2D eigenvalue weighted by Crippen LogP contribution is 2.37. The summed E-state index contributed by atoms with van der Waals surface area (Å²) in [5, 5.41) is 6.98. The number of carbonyl (C=O) groups excluding carboxylic acids is 3. The van der Waals surface area contributed by atoms with E-state index in [9.17, 15) is 18.8 Å². The van der Waals surface area contributed by atoms with Crippen molar-refractivity contribution in [1.82, 2.24) is 14.7 Å². The number of likely N-dealkylation sites (tertiary alicyclic amines) is 1. The third-order valence-electron chi connectivity index (χ3n) is 5.26. The smallest absolute Gasteiger partial charge is 0.358 e. The number of nitrogens with one attached hydrogen (secondary N) is 1. The lowest BCUT2D eigenvalue weighted by Gasteiger charge is -2.38. The number of esters is 1. The third-order valence-corrected chi connectivity index (χ3v) is 5.26. The van der Waals surface area contributed by atoms with Gasteiger partial charge in [-0.05, 0) is 31.0 Å². The van der Waals surface area contributed by atoms with E-state index in [-0.39, 0.29) is 29.6 Å². The summed E-state index contributed by atoms with van der Waals surface area (Å²) in [7, 11) is 4.47. The number of aromatic nitrogens is 2. The van der Waals surface area contributed by atoms with Gasteiger partial charge in [-0.1, -0.05) is 12.1 Å². The molecule has 2 heterocycles. The van der Waals surface area contributed by atoms with Crippen molar-refractivity contribution in [1.29, 1.82) is 0 Å². The summed E-state index contributed by atoms with van der Waals surface area (Å²) in [6, 6.07) is 5.21. The lowest BCUT2D eigenvalue weighted by atomic mass is 9.84. The highest BCUT2D eigenvalue weighted by atomic mass is 19.1. The molecule has 1 N–H and O–H groups in total. The summed E-state index contributed by atoms with van der Waals surface area (Å²) in [6.45, 7) is 1.68. The second-order valence-corrected chi connectivity index (χ2v) is 7.06. The number of anilines is 1. The van der Waals surface area contributed by atoms with Gasteiger partial charge >= 0.3 is 5.97 Å². The van der Waals surface area contributed by atoms with Crippen LogP contribution in [0.1, 0.15) is 40.6 Å². The van der Waals surface area contributed by atoms with Gasteiger partial charge in [-0.25, -0.2) is 9.18 Å². The molecule has 1 fully saturated rings. The van der Waals surface area contributed by atoms with Crippen molar-refractivity contribution < 1.29 is 23.5 Å². The number of nitrogens with zero attached hydrogens (tertiary/aromatic N) is 3. The highest BCUT2D eigenvalue weighted by molar-refractivity contribution is 6.02. The SMILES string of the molecule is COC(=O)c1c(NC(=O)C2CCC(=O)N(C)C2c2ccc(F)cc2)c(C)nn1C. The summed E-state index contributed by atoms with van der Waals surface area (Å²) in [5.41, 5.74) is 1.55. The van der Waals surface area contributed by atoms with Crippen LogP contribution in [0, 0.1) is 18.7 Å².